The van der Waals surface area contributed by atoms with E-state index in [1.165, 1.54) is 0 Å². The van der Waals surface area contributed by atoms with Crippen LogP contribution in [0.5, 0.6) is 0 Å². The van der Waals surface area contributed by atoms with Gasteiger partial charge in [0, 0.05) is 17.5 Å². The number of alkyl halides is 3. The maximum atomic E-state index is 14.3. The third kappa shape index (κ3) is 5.01. The first-order valence-corrected chi connectivity index (χ1v) is 9.79. The summed E-state index contributed by atoms with van der Waals surface area (Å²) in [4.78, 5) is 26.8. The lowest BCUT2D eigenvalue weighted by Crippen LogP contribution is -2.34. The highest BCUT2D eigenvalue weighted by Gasteiger charge is 2.31. The van der Waals surface area contributed by atoms with Crippen molar-refractivity contribution in [3.63, 3.8) is 0 Å². The van der Waals surface area contributed by atoms with Crippen LogP contribution in [0.15, 0.2) is 41.2 Å². The van der Waals surface area contributed by atoms with Gasteiger partial charge in [-0.1, -0.05) is 38.4 Å². The van der Waals surface area contributed by atoms with Crippen LogP contribution in [0.3, 0.4) is 0 Å². The Kier molecular flexibility index (Phi) is 6.19. The molecule has 0 spiro atoms. The van der Waals surface area contributed by atoms with Crippen molar-refractivity contribution in [2.75, 3.05) is 0 Å². The fourth-order valence-corrected chi connectivity index (χ4v) is 2.98. The van der Waals surface area contributed by atoms with Crippen LogP contribution in [-0.2, 0) is 17.5 Å². The predicted molar refractivity (Wildman–Crippen MR) is 111 cm³/mol. The van der Waals surface area contributed by atoms with E-state index in [9.17, 15) is 27.2 Å². The van der Waals surface area contributed by atoms with Gasteiger partial charge >= 0.3 is 11.9 Å². The minimum absolute atomic E-state index is 0.0108. The average molecular weight is 471 g/mol. The molecule has 1 amide bonds. The summed E-state index contributed by atoms with van der Waals surface area (Å²) in [5.41, 5.74) is -2.10. The van der Waals surface area contributed by atoms with Crippen LogP contribution in [0.1, 0.15) is 31.9 Å². The Labute approximate surface area is 185 Å². The molecule has 0 saturated heterocycles. The number of amides is 1. The molecule has 0 atom stereocenters. The molecule has 3 aromatic rings. The summed E-state index contributed by atoms with van der Waals surface area (Å²) in [7, 11) is 0. The van der Waals surface area contributed by atoms with Gasteiger partial charge < -0.3 is 5.32 Å². The van der Waals surface area contributed by atoms with Crippen molar-refractivity contribution < 1.29 is 22.4 Å². The fraction of sp³-hybridized carbons (Fsp3) is 0.286. The first kappa shape index (κ1) is 23.5. The zero-order chi connectivity index (χ0) is 23.8. The summed E-state index contributed by atoms with van der Waals surface area (Å²) in [5.74, 6) is -1.43. The number of carbonyl (C=O) groups excluding carboxylic acids is 1. The molecule has 3 rings (SSSR count). The number of hydrogen-bond donors (Lipinski definition) is 2. The third-order valence-corrected chi connectivity index (χ3v) is 4.87. The van der Waals surface area contributed by atoms with Gasteiger partial charge in [0.25, 0.3) is 0 Å². The third-order valence-electron chi connectivity index (χ3n) is 4.54. The lowest BCUT2D eigenvalue weighted by Gasteiger charge is -2.17. The highest BCUT2D eigenvalue weighted by molar-refractivity contribution is 6.33. The van der Waals surface area contributed by atoms with Gasteiger partial charge in [0.15, 0.2) is 5.82 Å². The molecule has 0 saturated carbocycles. The molecule has 0 aliphatic rings. The van der Waals surface area contributed by atoms with Crippen molar-refractivity contribution in [1.29, 1.82) is 0 Å². The summed E-state index contributed by atoms with van der Waals surface area (Å²) in [6.07, 6.45) is -4.72. The Morgan fingerprint density at radius 1 is 1.16 bits per heavy atom. The van der Waals surface area contributed by atoms with Crippen molar-refractivity contribution in [2.24, 2.45) is 5.41 Å². The average Bonchev–Trinajstić information content (AvgIpc) is 3.06. The van der Waals surface area contributed by atoms with Crippen molar-refractivity contribution in [3.05, 3.63) is 68.8 Å². The van der Waals surface area contributed by atoms with E-state index in [0.717, 1.165) is 6.07 Å². The van der Waals surface area contributed by atoms with Crippen LogP contribution >= 0.6 is 11.6 Å². The molecule has 0 radical (unpaired) electrons. The van der Waals surface area contributed by atoms with Gasteiger partial charge in [0.2, 0.25) is 5.91 Å². The van der Waals surface area contributed by atoms with Crippen LogP contribution in [0.2, 0.25) is 5.02 Å². The molecule has 0 unspecified atom stereocenters. The molecule has 2 N–H and O–H groups in total. The minimum Gasteiger partial charge on any atom is -0.352 e. The van der Waals surface area contributed by atoms with E-state index in [4.69, 9.17) is 11.6 Å². The van der Waals surface area contributed by atoms with Crippen molar-refractivity contribution >= 4 is 17.5 Å². The zero-order valence-corrected chi connectivity index (χ0v) is 18.0. The van der Waals surface area contributed by atoms with Gasteiger partial charge in [-0.05, 0) is 35.9 Å². The maximum Gasteiger partial charge on any atom is 0.416 e. The number of rotatable bonds is 4. The fourth-order valence-electron chi connectivity index (χ4n) is 2.78. The molecule has 1 aromatic heterocycles. The van der Waals surface area contributed by atoms with Crippen molar-refractivity contribution in [1.82, 2.24) is 20.1 Å². The lowest BCUT2D eigenvalue weighted by atomic mass is 9.95. The van der Waals surface area contributed by atoms with Crippen LogP contribution in [-0.4, -0.2) is 20.7 Å². The molecule has 32 heavy (non-hydrogen) atoms. The van der Waals surface area contributed by atoms with Crippen LogP contribution in [0, 0.1) is 11.2 Å². The summed E-state index contributed by atoms with van der Waals surface area (Å²) in [6.45, 7) is 5.51. The summed E-state index contributed by atoms with van der Waals surface area (Å²) < 4.78 is 53.2. The normalized spacial score (nSPS) is 12.1. The van der Waals surface area contributed by atoms with Gasteiger partial charge in [0.1, 0.15) is 11.5 Å². The molecule has 0 bridgehead atoms. The second-order valence-corrected chi connectivity index (χ2v) is 8.51. The highest BCUT2D eigenvalue weighted by Crippen LogP contribution is 2.31. The number of nitrogens with one attached hydrogen (secondary N) is 2. The van der Waals surface area contributed by atoms with E-state index in [-0.39, 0.29) is 23.3 Å². The SMILES string of the molecule is CC(C)(C)C(=O)NCc1ccc(Cl)c(-c2nn(-c3ccc(C(F)(F)F)cc3F)c(=O)[nH]2)c1. The van der Waals surface area contributed by atoms with Gasteiger partial charge in [-0.15, -0.1) is 5.10 Å². The first-order valence-electron chi connectivity index (χ1n) is 9.41. The topological polar surface area (TPSA) is 79.8 Å². The summed E-state index contributed by atoms with van der Waals surface area (Å²) in [5, 5.41) is 7.00. The zero-order valence-electron chi connectivity index (χ0n) is 17.3. The van der Waals surface area contributed by atoms with Gasteiger partial charge in [0.05, 0.1) is 10.6 Å². The molecular formula is C21H19ClF4N4O2. The maximum absolute atomic E-state index is 14.3. The molecule has 1 heterocycles. The Morgan fingerprint density at radius 3 is 2.44 bits per heavy atom. The van der Waals surface area contributed by atoms with Crippen molar-refractivity contribution in [2.45, 2.75) is 33.5 Å². The number of hydrogen-bond acceptors (Lipinski definition) is 3. The molecule has 0 aliphatic carbocycles. The minimum atomic E-state index is -4.72. The smallest absolute Gasteiger partial charge is 0.352 e. The largest absolute Gasteiger partial charge is 0.416 e. The number of aromatic amines is 1. The molecule has 0 aliphatic heterocycles. The summed E-state index contributed by atoms with van der Waals surface area (Å²) in [6, 6.07) is 6.60. The van der Waals surface area contributed by atoms with E-state index in [0.29, 0.717) is 27.9 Å². The number of carbonyl (C=O) groups is 1. The molecule has 2 aromatic carbocycles. The Balaban J connectivity index is 1.94. The lowest BCUT2D eigenvalue weighted by molar-refractivity contribution is -0.137. The predicted octanol–water partition coefficient (Wildman–Crippen LogP) is 4.70. The van der Waals surface area contributed by atoms with Crippen LogP contribution in [0.4, 0.5) is 17.6 Å². The summed E-state index contributed by atoms with van der Waals surface area (Å²) >= 11 is 6.22. The number of halogens is 5. The molecular weight excluding hydrogens is 452 g/mol. The molecule has 11 heteroatoms. The van der Waals surface area contributed by atoms with Crippen LogP contribution < -0.4 is 11.0 Å². The molecule has 0 fully saturated rings. The van der Waals surface area contributed by atoms with Crippen LogP contribution in [0.25, 0.3) is 17.1 Å². The monoisotopic (exact) mass is 470 g/mol. The van der Waals surface area contributed by atoms with E-state index in [1.807, 2.05) is 0 Å². The number of aromatic nitrogens is 3. The second kappa shape index (κ2) is 8.42. The highest BCUT2D eigenvalue weighted by atomic mass is 35.5. The van der Waals surface area contributed by atoms with Gasteiger partial charge in [-0.25, -0.2) is 9.18 Å². The van der Waals surface area contributed by atoms with E-state index >= 15 is 0 Å². The van der Waals surface area contributed by atoms with E-state index in [1.54, 1.807) is 39.0 Å². The first-order chi connectivity index (χ1) is 14.8. The number of H-pyrrole nitrogens is 1. The number of benzene rings is 2. The van der Waals surface area contributed by atoms with Gasteiger partial charge in [-0.3, -0.25) is 9.78 Å². The van der Waals surface area contributed by atoms with Crippen molar-refractivity contribution in [3.8, 4) is 17.1 Å². The molecule has 6 nitrogen and oxygen atoms in total. The number of nitrogens with zero attached hydrogens (tertiary/aromatic N) is 2. The quantitative estimate of drug-likeness (QED) is 0.542. The molecule has 170 valence electrons. The Hall–Kier alpha value is -3.14. The van der Waals surface area contributed by atoms with E-state index in [2.05, 4.69) is 15.4 Å². The second-order valence-electron chi connectivity index (χ2n) is 8.10. The Bertz CT molecular complexity index is 1230. The Morgan fingerprint density at radius 2 is 1.84 bits per heavy atom. The standard InChI is InChI=1S/C21H19ClF4N4O2/c1-20(2,3)18(31)27-10-11-4-6-14(22)13(8-11)17-28-19(32)30(29-17)16-7-5-12(9-15(16)23)21(24,25)26/h4-9H,10H2,1-3H3,(H,27,31)(H,28,29,32). The van der Waals surface area contributed by atoms with Gasteiger partial charge in [-0.2, -0.15) is 17.9 Å². The van der Waals surface area contributed by atoms with E-state index < -0.39 is 34.3 Å².